The van der Waals surface area contributed by atoms with E-state index in [4.69, 9.17) is 0 Å². The monoisotopic (exact) mass is 268 g/mol. The van der Waals surface area contributed by atoms with Gasteiger partial charge in [0, 0.05) is 25.7 Å². The fourth-order valence-corrected chi connectivity index (χ4v) is 2.64. The van der Waals surface area contributed by atoms with Crippen LogP contribution in [0.15, 0.2) is 12.1 Å². The second kappa shape index (κ2) is 6.55. The van der Waals surface area contributed by atoms with Gasteiger partial charge in [0.1, 0.15) is 0 Å². The van der Waals surface area contributed by atoms with E-state index in [0.717, 1.165) is 6.54 Å². The van der Waals surface area contributed by atoms with E-state index in [1.54, 1.807) is 0 Å². The van der Waals surface area contributed by atoms with E-state index in [0.29, 0.717) is 6.04 Å². The van der Waals surface area contributed by atoms with Gasteiger partial charge in [-0.2, -0.15) is 0 Å². The lowest BCUT2D eigenvalue weighted by Crippen LogP contribution is -2.29. The Morgan fingerprint density at radius 2 is 1.83 bits per heavy atom. The molecule has 1 saturated heterocycles. The minimum absolute atomic E-state index is 0. The first-order valence-electron chi connectivity index (χ1n) is 6.56. The van der Waals surface area contributed by atoms with Gasteiger partial charge in [-0.3, -0.25) is 4.90 Å². The highest BCUT2D eigenvalue weighted by molar-refractivity contribution is 5.85. The molecule has 1 atom stereocenters. The maximum atomic E-state index is 3.37. The predicted molar refractivity (Wildman–Crippen MR) is 80.6 cm³/mol. The molecule has 0 radical (unpaired) electrons. The molecule has 0 bridgehead atoms. The fourth-order valence-electron chi connectivity index (χ4n) is 2.64. The highest BCUT2D eigenvalue weighted by atomic mass is 35.5. The van der Waals surface area contributed by atoms with Gasteiger partial charge in [0.15, 0.2) is 0 Å². The number of hydrogen-bond acceptors (Lipinski definition) is 2. The molecule has 1 aliphatic heterocycles. The van der Waals surface area contributed by atoms with Crippen LogP contribution in [0.1, 0.15) is 28.7 Å². The summed E-state index contributed by atoms with van der Waals surface area (Å²) in [5.41, 5.74) is 5.74. The van der Waals surface area contributed by atoms with Crippen LogP contribution in [-0.4, -0.2) is 31.1 Å². The molecule has 0 aromatic heterocycles. The van der Waals surface area contributed by atoms with Gasteiger partial charge in [-0.15, -0.1) is 12.4 Å². The Bertz CT molecular complexity index is 404. The zero-order valence-corrected chi connectivity index (χ0v) is 12.7. The largest absolute Gasteiger partial charge is 0.316 e. The van der Waals surface area contributed by atoms with Crippen LogP contribution in [0.3, 0.4) is 0 Å². The van der Waals surface area contributed by atoms with E-state index < -0.39 is 0 Å². The molecule has 3 heteroatoms. The van der Waals surface area contributed by atoms with Crippen molar-refractivity contribution in [3.63, 3.8) is 0 Å². The average Bonchev–Trinajstić information content (AvgIpc) is 2.73. The van der Waals surface area contributed by atoms with Crippen LogP contribution >= 0.6 is 12.4 Å². The molecule has 2 rings (SSSR count). The number of likely N-dealkylation sites (tertiary alicyclic amines) is 1. The third-order valence-corrected chi connectivity index (χ3v) is 4.03. The molecule has 102 valence electrons. The summed E-state index contributed by atoms with van der Waals surface area (Å²) < 4.78 is 0. The SMILES string of the molecule is CNC1CCN(Cc2cc(C)c(C)cc2C)C1.Cl. The summed E-state index contributed by atoms with van der Waals surface area (Å²) in [4.78, 5) is 2.55. The maximum absolute atomic E-state index is 3.37. The van der Waals surface area contributed by atoms with Crippen molar-refractivity contribution in [2.24, 2.45) is 0 Å². The average molecular weight is 269 g/mol. The number of rotatable bonds is 3. The van der Waals surface area contributed by atoms with E-state index in [-0.39, 0.29) is 12.4 Å². The van der Waals surface area contributed by atoms with Gasteiger partial charge in [0.25, 0.3) is 0 Å². The highest BCUT2D eigenvalue weighted by Crippen LogP contribution is 2.19. The Kier molecular flexibility index (Phi) is 5.64. The predicted octanol–water partition coefficient (Wildman–Crippen LogP) is 2.83. The fraction of sp³-hybridized carbons (Fsp3) is 0.600. The number of benzene rings is 1. The first kappa shape index (κ1) is 15.5. The lowest BCUT2D eigenvalue weighted by molar-refractivity contribution is 0.321. The number of halogens is 1. The minimum atomic E-state index is 0. The molecule has 1 unspecified atom stereocenters. The van der Waals surface area contributed by atoms with Crippen molar-refractivity contribution >= 4 is 12.4 Å². The van der Waals surface area contributed by atoms with Crippen LogP contribution in [0.2, 0.25) is 0 Å². The molecule has 1 aromatic carbocycles. The number of hydrogen-bond donors (Lipinski definition) is 1. The van der Waals surface area contributed by atoms with Crippen molar-refractivity contribution in [3.8, 4) is 0 Å². The molecule has 1 aliphatic rings. The molecular weight excluding hydrogens is 244 g/mol. The standard InChI is InChI=1S/C15H24N2.ClH/c1-11-7-13(3)14(8-12(11)2)9-17-6-5-15(10-17)16-4;/h7-8,15-16H,5-6,9-10H2,1-4H3;1H. The van der Waals surface area contributed by atoms with Gasteiger partial charge >= 0.3 is 0 Å². The lowest BCUT2D eigenvalue weighted by Gasteiger charge is -2.18. The topological polar surface area (TPSA) is 15.3 Å². The molecule has 0 aliphatic carbocycles. The van der Waals surface area contributed by atoms with Crippen molar-refractivity contribution in [2.45, 2.75) is 39.8 Å². The molecular formula is C15H25ClN2. The Labute approximate surface area is 117 Å². The Morgan fingerprint density at radius 3 is 2.44 bits per heavy atom. The van der Waals surface area contributed by atoms with Crippen molar-refractivity contribution in [1.82, 2.24) is 10.2 Å². The van der Waals surface area contributed by atoms with Crippen LogP contribution in [-0.2, 0) is 6.54 Å². The van der Waals surface area contributed by atoms with Crippen LogP contribution in [0.4, 0.5) is 0 Å². The van der Waals surface area contributed by atoms with Gasteiger partial charge in [0.05, 0.1) is 0 Å². The molecule has 1 N–H and O–H groups in total. The Hall–Kier alpha value is -0.570. The second-order valence-electron chi connectivity index (χ2n) is 5.37. The smallest absolute Gasteiger partial charge is 0.0237 e. The normalized spacial score (nSPS) is 19.9. The maximum Gasteiger partial charge on any atom is 0.0237 e. The number of likely N-dealkylation sites (N-methyl/N-ethyl adjacent to an activating group) is 1. The molecule has 1 aromatic rings. The Morgan fingerprint density at radius 1 is 1.17 bits per heavy atom. The molecule has 1 fully saturated rings. The summed E-state index contributed by atoms with van der Waals surface area (Å²) >= 11 is 0. The number of aryl methyl sites for hydroxylation is 3. The van der Waals surface area contributed by atoms with Gasteiger partial charge in [-0.05, 0) is 56.5 Å². The van der Waals surface area contributed by atoms with Gasteiger partial charge in [-0.25, -0.2) is 0 Å². The summed E-state index contributed by atoms with van der Waals surface area (Å²) in [5, 5.41) is 3.37. The van der Waals surface area contributed by atoms with Gasteiger partial charge in [-0.1, -0.05) is 12.1 Å². The number of nitrogens with zero attached hydrogens (tertiary/aromatic N) is 1. The summed E-state index contributed by atoms with van der Waals surface area (Å²) in [7, 11) is 2.06. The van der Waals surface area contributed by atoms with Crippen molar-refractivity contribution < 1.29 is 0 Å². The van der Waals surface area contributed by atoms with Crippen LogP contribution in [0.25, 0.3) is 0 Å². The van der Waals surface area contributed by atoms with Gasteiger partial charge in [0.2, 0.25) is 0 Å². The molecule has 1 heterocycles. The third-order valence-electron chi connectivity index (χ3n) is 4.03. The van der Waals surface area contributed by atoms with Crippen molar-refractivity contribution in [3.05, 3.63) is 34.4 Å². The molecule has 2 nitrogen and oxygen atoms in total. The molecule has 0 saturated carbocycles. The summed E-state index contributed by atoms with van der Waals surface area (Å²) in [5.74, 6) is 0. The van der Waals surface area contributed by atoms with Crippen LogP contribution < -0.4 is 5.32 Å². The van der Waals surface area contributed by atoms with E-state index in [1.807, 2.05) is 0 Å². The zero-order chi connectivity index (χ0) is 12.4. The summed E-state index contributed by atoms with van der Waals surface area (Å²) in [6.45, 7) is 10.1. The van der Waals surface area contributed by atoms with Crippen LogP contribution in [0, 0.1) is 20.8 Å². The highest BCUT2D eigenvalue weighted by Gasteiger charge is 2.21. The zero-order valence-electron chi connectivity index (χ0n) is 11.9. The van der Waals surface area contributed by atoms with Crippen LogP contribution in [0.5, 0.6) is 0 Å². The van der Waals surface area contributed by atoms with E-state index in [1.165, 1.54) is 41.8 Å². The number of nitrogens with one attached hydrogen (secondary N) is 1. The first-order chi connectivity index (χ1) is 8.10. The summed E-state index contributed by atoms with van der Waals surface area (Å²) in [6.07, 6.45) is 1.28. The molecule has 0 spiro atoms. The van der Waals surface area contributed by atoms with Crippen molar-refractivity contribution in [2.75, 3.05) is 20.1 Å². The van der Waals surface area contributed by atoms with E-state index in [9.17, 15) is 0 Å². The van der Waals surface area contributed by atoms with E-state index in [2.05, 4.69) is 50.2 Å². The molecule has 18 heavy (non-hydrogen) atoms. The van der Waals surface area contributed by atoms with Gasteiger partial charge < -0.3 is 5.32 Å². The third kappa shape index (κ3) is 3.47. The Balaban J connectivity index is 0.00000162. The minimum Gasteiger partial charge on any atom is -0.316 e. The summed E-state index contributed by atoms with van der Waals surface area (Å²) in [6, 6.07) is 5.36. The van der Waals surface area contributed by atoms with Crippen molar-refractivity contribution in [1.29, 1.82) is 0 Å². The molecule has 0 amide bonds. The first-order valence-corrected chi connectivity index (χ1v) is 6.56. The quantitative estimate of drug-likeness (QED) is 0.907. The van der Waals surface area contributed by atoms with E-state index >= 15 is 0 Å². The second-order valence-corrected chi connectivity index (χ2v) is 5.37. The lowest BCUT2D eigenvalue weighted by atomic mass is 10.0.